The van der Waals surface area contributed by atoms with Gasteiger partial charge in [-0.05, 0) is 11.6 Å². The summed E-state index contributed by atoms with van der Waals surface area (Å²) in [5.41, 5.74) is 1.82. The minimum Gasteiger partial charge on any atom is -0.409 e. The van der Waals surface area contributed by atoms with E-state index in [2.05, 4.69) is 15.3 Å². The number of fused-ring (bicyclic) bond motifs is 1. The SMILES string of the molecule is O=C(CSc1nnc(-c2nn(Cc3ccccc3)c(=O)c3ccccc23)o1)c1ccccc1. The zero-order valence-corrected chi connectivity index (χ0v) is 18.2. The van der Waals surface area contributed by atoms with Crippen LogP contribution >= 0.6 is 11.8 Å². The topological polar surface area (TPSA) is 90.9 Å². The van der Waals surface area contributed by atoms with Crippen molar-refractivity contribution in [2.24, 2.45) is 0 Å². The van der Waals surface area contributed by atoms with Crippen molar-refractivity contribution in [3.63, 3.8) is 0 Å². The molecule has 0 saturated heterocycles. The highest BCUT2D eigenvalue weighted by Gasteiger charge is 2.18. The number of rotatable bonds is 7. The van der Waals surface area contributed by atoms with Crippen LogP contribution in [0.15, 0.2) is 99.4 Å². The number of hydrogen-bond donors (Lipinski definition) is 0. The first-order valence-corrected chi connectivity index (χ1v) is 11.3. The van der Waals surface area contributed by atoms with Crippen LogP contribution in [0.2, 0.25) is 0 Å². The first kappa shape index (κ1) is 20.8. The number of aromatic nitrogens is 4. The maximum Gasteiger partial charge on any atom is 0.277 e. The Balaban J connectivity index is 1.46. The summed E-state index contributed by atoms with van der Waals surface area (Å²) >= 11 is 1.17. The van der Waals surface area contributed by atoms with E-state index in [0.29, 0.717) is 28.6 Å². The van der Waals surface area contributed by atoms with Crippen LogP contribution in [-0.2, 0) is 6.54 Å². The Morgan fingerprint density at radius 3 is 2.27 bits per heavy atom. The molecule has 0 bridgehead atoms. The summed E-state index contributed by atoms with van der Waals surface area (Å²) in [4.78, 5) is 25.4. The molecule has 0 aliphatic carbocycles. The zero-order chi connectivity index (χ0) is 22.6. The summed E-state index contributed by atoms with van der Waals surface area (Å²) in [6, 6.07) is 25.9. The molecule has 2 aromatic heterocycles. The van der Waals surface area contributed by atoms with Gasteiger partial charge in [0.25, 0.3) is 16.7 Å². The van der Waals surface area contributed by atoms with Gasteiger partial charge in [-0.1, -0.05) is 90.6 Å². The molecule has 0 fully saturated rings. The van der Waals surface area contributed by atoms with Gasteiger partial charge < -0.3 is 4.42 Å². The largest absolute Gasteiger partial charge is 0.409 e. The lowest BCUT2D eigenvalue weighted by molar-refractivity contribution is 0.102. The fourth-order valence-electron chi connectivity index (χ4n) is 3.46. The van der Waals surface area contributed by atoms with Gasteiger partial charge in [-0.15, -0.1) is 10.2 Å². The average molecular weight is 455 g/mol. The van der Waals surface area contributed by atoms with Crippen molar-refractivity contribution in [2.75, 3.05) is 5.75 Å². The van der Waals surface area contributed by atoms with Crippen molar-refractivity contribution in [1.82, 2.24) is 20.0 Å². The van der Waals surface area contributed by atoms with Crippen molar-refractivity contribution >= 4 is 28.3 Å². The predicted octanol–water partition coefficient (Wildman–Crippen LogP) is 4.47. The van der Waals surface area contributed by atoms with E-state index in [-0.39, 0.29) is 28.2 Å². The van der Waals surface area contributed by atoms with Gasteiger partial charge in [0.2, 0.25) is 0 Å². The number of hydrogen-bond acceptors (Lipinski definition) is 7. The van der Waals surface area contributed by atoms with Gasteiger partial charge in [-0.25, -0.2) is 4.68 Å². The molecule has 0 aliphatic rings. The van der Waals surface area contributed by atoms with E-state index in [1.165, 1.54) is 16.4 Å². The summed E-state index contributed by atoms with van der Waals surface area (Å²) in [5.74, 6) is 0.343. The molecule has 0 N–H and O–H groups in total. The minimum atomic E-state index is -0.194. The second-order valence-corrected chi connectivity index (χ2v) is 8.22. The smallest absolute Gasteiger partial charge is 0.277 e. The summed E-state index contributed by atoms with van der Waals surface area (Å²) in [5, 5.41) is 14.2. The first-order chi connectivity index (χ1) is 16.2. The van der Waals surface area contributed by atoms with Crippen LogP contribution in [0.3, 0.4) is 0 Å². The summed E-state index contributed by atoms with van der Waals surface area (Å²) in [6.45, 7) is 0.318. The number of thioether (sulfide) groups is 1. The number of Topliss-reactive ketones (excluding diaryl/α,β-unsaturated/α-hetero) is 1. The molecule has 0 unspecified atom stereocenters. The molecule has 0 radical (unpaired) electrons. The van der Waals surface area contributed by atoms with Crippen LogP contribution in [0, 0.1) is 0 Å². The molecule has 7 nitrogen and oxygen atoms in total. The maximum absolute atomic E-state index is 13.0. The van der Waals surface area contributed by atoms with Crippen LogP contribution < -0.4 is 5.56 Å². The van der Waals surface area contributed by atoms with Crippen molar-refractivity contribution in [2.45, 2.75) is 11.8 Å². The van der Waals surface area contributed by atoms with E-state index >= 15 is 0 Å². The van der Waals surface area contributed by atoms with Crippen LogP contribution in [0.4, 0.5) is 0 Å². The second kappa shape index (κ2) is 9.22. The normalized spacial score (nSPS) is 11.0. The van der Waals surface area contributed by atoms with Gasteiger partial charge in [0.15, 0.2) is 11.5 Å². The summed E-state index contributed by atoms with van der Waals surface area (Å²) in [6.07, 6.45) is 0. The lowest BCUT2D eigenvalue weighted by Gasteiger charge is -2.09. The molecule has 0 aliphatic heterocycles. The Morgan fingerprint density at radius 2 is 1.52 bits per heavy atom. The number of benzene rings is 3. The monoisotopic (exact) mass is 454 g/mol. The molecule has 5 aromatic rings. The number of nitrogens with zero attached hydrogens (tertiary/aromatic N) is 4. The molecular weight excluding hydrogens is 436 g/mol. The number of ketones is 1. The van der Waals surface area contributed by atoms with E-state index in [4.69, 9.17) is 4.42 Å². The van der Waals surface area contributed by atoms with E-state index in [1.54, 1.807) is 18.2 Å². The molecule has 8 heteroatoms. The molecule has 33 heavy (non-hydrogen) atoms. The minimum absolute atomic E-state index is 0.0275. The Hall–Kier alpha value is -4.04. The van der Waals surface area contributed by atoms with Gasteiger partial charge in [0.1, 0.15) is 0 Å². The quantitative estimate of drug-likeness (QED) is 0.265. The zero-order valence-electron chi connectivity index (χ0n) is 17.4. The molecule has 162 valence electrons. The Bertz CT molecular complexity index is 1480. The molecule has 0 saturated carbocycles. The summed E-state index contributed by atoms with van der Waals surface area (Å²) < 4.78 is 7.23. The Labute approximate surface area is 193 Å². The third-order valence-corrected chi connectivity index (χ3v) is 5.89. The average Bonchev–Trinajstić information content (AvgIpc) is 3.34. The Kier molecular flexibility index (Phi) is 5.82. The van der Waals surface area contributed by atoms with Crippen LogP contribution in [0.5, 0.6) is 0 Å². The van der Waals surface area contributed by atoms with Crippen molar-refractivity contribution < 1.29 is 9.21 Å². The highest BCUT2D eigenvalue weighted by atomic mass is 32.2. The molecule has 5 rings (SSSR count). The number of carbonyl (C=O) groups is 1. The van der Waals surface area contributed by atoms with Crippen LogP contribution in [0.1, 0.15) is 15.9 Å². The maximum atomic E-state index is 13.0. The van der Waals surface area contributed by atoms with E-state index < -0.39 is 0 Å². The fourth-order valence-corrected chi connectivity index (χ4v) is 4.11. The van der Waals surface area contributed by atoms with Crippen molar-refractivity contribution in [1.29, 1.82) is 0 Å². The van der Waals surface area contributed by atoms with E-state index in [0.717, 1.165) is 5.56 Å². The molecule has 0 atom stereocenters. The molecule has 0 amide bonds. The first-order valence-electron chi connectivity index (χ1n) is 10.3. The number of carbonyl (C=O) groups excluding carboxylic acids is 1. The van der Waals surface area contributed by atoms with E-state index in [1.807, 2.05) is 66.7 Å². The van der Waals surface area contributed by atoms with Crippen LogP contribution in [0.25, 0.3) is 22.4 Å². The molecular formula is C25H18N4O3S. The van der Waals surface area contributed by atoms with Gasteiger partial charge in [0.05, 0.1) is 17.7 Å². The summed E-state index contributed by atoms with van der Waals surface area (Å²) in [7, 11) is 0. The van der Waals surface area contributed by atoms with Gasteiger partial charge in [0, 0.05) is 10.9 Å². The fraction of sp³-hybridized carbons (Fsp3) is 0.0800. The molecule has 3 aromatic carbocycles. The lowest BCUT2D eigenvalue weighted by Crippen LogP contribution is -2.24. The Morgan fingerprint density at radius 1 is 0.848 bits per heavy atom. The van der Waals surface area contributed by atoms with Gasteiger partial charge >= 0.3 is 0 Å². The third kappa shape index (κ3) is 4.47. The molecule has 0 spiro atoms. The standard InChI is InChI=1S/C25H18N4O3S/c30-21(18-11-5-2-6-12-18)16-33-25-27-26-23(32-25)22-19-13-7-8-14-20(19)24(31)29(28-22)15-17-9-3-1-4-10-17/h1-14H,15-16H2. The van der Waals surface area contributed by atoms with Crippen molar-refractivity contribution in [3.8, 4) is 11.6 Å². The lowest BCUT2D eigenvalue weighted by atomic mass is 10.1. The predicted molar refractivity (Wildman–Crippen MR) is 126 cm³/mol. The van der Waals surface area contributed by atoms with E-state index in [9.17, 15) is 9.59 Å². The highest BCUT2D eigenvalue weighted by molar-refractivity contribution is 7.99. The highest BCUT2D eigenvalue weighted by Crippen LogP contribution is 2.27. The van der Waals surface area contributed by atoms with Gasteiger partial charge in [-0.3, -0.25) is 9.59 Å². The molecule has 2 heterocycles. The van der Waals surface area contributed by atoms with Gasteiger partial charge in [-0.2, -0.15) is 5.10 Å². The third-order valence-electron chi connectivity index (χ3n) is 5.07. The van der Waals surface area contributed by atoms with Crippen molar-refractivity contribution in [3.05, 3.63) is 106 Å². The van der Waals surface area contributed by atoms with Crippen LogP contribution in [-0.4, -0.2) is 31.5 Å². The second-order valence-electron chi connectivity index (χ2n) is 7.29.